The summed E-state index contributed by atoms with van der Waals surface area (Å²) in [6, 6.07) is 9.22. The fourth-order valence-electron chi connectivity index (χ4n) is 3.42. The second kappa shape index (κ2) is 8.12. The maximum Gasteiger partial charge on any atom is 0.258 e. The highest BCUT2D eigenvalue weighted by atomic mass is 32.1. The van der Waals surface area contributed by atoms with Gasteiger partial charge in [0.25, 0.3) is 5.56 Å². The van der Waals surface area contributed by atoms with Gasteiger partial charge in [-0.2, -0.15) is 0 Å². The average Bonchev–Trinajstić information content (AvgIpc) is 3.18. The normalized spacial score (nSPS) is 15.1. The molecule has 8 heteroatoms. The summed E-state index contributed by atoms with van der Waals surface area (Å²) in [6.45, 7) is 3.54. The maximum atomic E-state index is 12.6. The van der Waals surface area contributed by atoms with Crippen LogP contribution in [0.15, 0.2) is 46.7 Å². The molecule has 1 aromatic carbocycles. The predicted octanol–water partition coefficient (Wildman–Crippen LogP) is 1.65. The zero-order valence-electron chi connectivity index (χ0n) is 15.7. The van der Waals surface area contributed by atoms with Crippen LogP contribution in [0.2, 0.25) is 0 Å². The molecule has 3 heterocycles. The lowest BCUT2D eigenvalue weighted by atomic mass is 10.1. The molecule has 0 radical (unpaired) electrons. The third-order valence-corrected chi connectivity index (χ3v) is 5.71. The molecular weight excluding hydrogens is 376 g/mol. The zero-order chi connectivity index (χ0) is 19.5. The number of fused-ring (bicyclic) bond motifs is 1. The quantitative estimate of drug-likeness (QED) is 0.654. The predicted molar refractivity (Wildman–Crippen MR) is 108 cm³/mol. The summed E-state index contributed by atoms with van der Waals surface area (Å²) in [5.74, 6) is 0.894. The highest BCUT2D eigenvalue weighted by molar-refractivity contribution is 7.15. The van der Waals surface area contributed by atoms with E-state index in [0.29, 0.717) is 26.1 Å². The number of methoxy groups -OCH3 is 1. The van der Waals surface area contributed by atoms with Crippen molar-refractivity contribution in [1.29, 1.82) is 0 Å². The highest BCUT2D eigenvalue weighted by Crippen LogP contribution is 2.15. The van der Waals surface area contributed by atoms with Crippen LogP contribution in [0.4, 0.5) is 0 Å². The van der Waals surface area contributed by atoms with Gasteiger partial charge in [0.15, 0.2) is 4.96 Å². The SMILES string of the molecule is COc1cccc(CC(=O)N2CCN(Cc3cc(=O)n4ccsc4n3)CC2)c1. The van der Waals surface area contributed by atoms with Crippen LogP contribution in [-0.4, -0.2) is 58.4 Å². The summed E-state index contributed by atoms with van der Waals surface area (Å²) in [7, 11) is 1.62. The molecule has 0 aliphatic carbocycles. The van der Waals surface area contributed by atoms with Gasteiger partial charge in [-0.1, -0.05) is 12.1 Å². The van der Waals surface area contributed by atoms with E-state index in [-0.39, 0.29) is 11.5 Å². The van der Waals surface area contributed by atoms with Crippen molar-refractivity contribution in [2.24, 2.45) is 0 Å². The Morgan fingerprint density at radius 2 is 2.04 bits per heavy atom. The van der Waals surface area contributed by atoms with Gasteiger partial charge in [0.05, 0.1) is 19.2 Å². The minimum atomic E-state index is -0.0478. The molecule has 4 rings (SSSR count). The topological polar surface area (TPSA) is 67.2 Å². The Morgan fingerprint density at radius 3 is 2.82 bits per heavy atom. The van der Waals surface area contributed by atoms with Gasteiger partial charge in [0.1, 0.15) is 5.75 Å². The Bertz CT molecular complexity index is 1040. The number of carbonyl (C=O) groups is 1. The van der Waals surface area contributed by atoms with Gasteiger partial charge >= 0.3 is 0 Å². The zero-order valence-corrected chi connectivity index (χ0v) is 16.5. The van der Waals surface area contributed by atoms with Crippen LogP contribution < -0.4 is 10.3 Å². The standard InChI is InChI=1S/C20H22N4O3S/c1-27-17-4-2-3-15(11-17)12-18(25)23-7-5-22(6-8-23)14-16-13-19(26)24-9-10-28-20(24)21-16/h2-4,9-11,13H,5-8,12,14H2,1H3. The molecule has 0 saturated carbocycles. The Labute approximate surface area is 166 Å². The van der Waals surface area contributed by atoms with Crippen LogP contribution in [0, 0.1) is 0 Å². The number of carbonyl (C=O) groups excluding carboxylic acids is 1. The van der Waals surface area contributed by atoms with Crippen molar-refractivity contribution in [3.8, 4) is 5.75 Å². The van der Waals surface area contributed by atoms with Gasteiger partial charge in [0, 0.05) is 50.4 Å². The minimum Gasteiger partial charge on any atom is -0.497 e. The summed E-state index contributed by atoms with van der Waals surface area (Å²) in [6.07, 6.45) is 2.12. The first-order chi connectivity index (χ1) is 13.6. The van der Waals surface area contributed by atoms with E-state index in [2.05, 4.69) is 9.88 Å². The van der Waals surface area contributed by atoms with E-state index >= 15 is 0 Å². The second-order valence-corrected chi connectivity index (χ2v) is 7.70. The summed E-state index contributed by atoms with van der Waals surface area (Å²) in [5, 5.41) is 1.86. The van der Waals surface area contributed by atoms with E-state index in [1.807, 2.05) is 34.5 Å². The van der Waals surface area contributed by atoms with Crippen molar-refractivity contribution in [3.63, 3.8) is 0 Å². The van der Waals surface area contributed by atoms with E-state index < -0.39 is 0 Å². The lowest BCUT2D eigenvalue weighted by Gasteiger charge is -2.34. The molecule has 0 spiro atoms. The van der Waals surface area contributed by atoms with Crippen LogP contribution in [0.5, 0.6) is 5.75 Å². The molecule has 1 aliphatic rings. The molecule has 146 valence electrons. The lowest BCUT2D eigenvalue weighted by molar-refractivity contribution is -0.132. The third-order valence-electron chi connectivity index (χ3n) is 4.96. The first-order valence-electron chi connectivity index (χ1n) is 9.21. The molecule has 2 aromatic heterocycles. The van der Waals surface area contributed by atoms with Crippen molar-refractivity contribution >= 4 is 22.2 Å². The molecule has 28 heavy (non-hydrogen) atoms. The van der Waals surface area contributed by atoms with Crippen molar-refractivity contribution in [1.82, 2.24) is 19.2 Å². The van der Waals surface area contributed by atoms with E-state index in [4.69, 9.17) is 4.74 Å². The van der Waals surface area contributed by atoms with Crippen molar-refractivity contribution in [3.05, 3.63) is 63.5 Å². The first-order valence-corrected chi connectivity index (χ1v) is 10.1. The molecule has 0 unspecified atom stereocenters. The monoisotopic (exact) mass is 398 g/mol. The van der Waals surface area contributed by atoms with E-state index in [9.17, 15) is 9.59 Å². The third kappa shape index (κ3) is 4.07. The smallest absolute Gasteiger partial charge is 0.258 e. The number of aromatic nitrogens is 2. The molecular formula is C20H22N4O3S. The Hall–Kier alpha value is -2.71. The number of rotatable bonds is 5. The van der Waals surface area contributed by atoms with Crippen LogP contribution in [0.25, 0.3) is 4.96 Å². The Morgan fingerprint density at radius 1 is 1.21 bits per heavy atom. The molecule has 7 nitrogen and oxygen atoms in total. The van der Waals surface area contributed by atoms with E-state index in [0.717, 1.165) is 35.1 Å². The summed E-state index contributed by atoms with van der Waals surface area (Å²) < 4.78 is 6.78. The van der Waals surface area contributed by atoms with Crippen molar-refractivity contribution < 1.29 is 9.53 Å². The number of hydrogen-bond donors (Lipinski definition) is 0. The van der Waals surface area contributed by atoms with Crippen molar-refractivity contribution in [2.75, 3.05) is 33.3 Å². The summed E-state index contributed by atoms with van der Waals surface area (Å²) in [5.41, 5.74) is 1.69. The van der Waals surface area contributed by atoms with Crippen LogP contribution in [0.1, 0.15) is 11.3 Å². The molecule has 0 atom stereocenters. The fourth-order valence-corrected chi connectivity index (χ4v) is 4.16. The number of ether oxygens (including phenoxy) is 1. The first kappa shape index (κ1) is 18.6. The molecule has 0 N–H and O–H groups in total. The molecule has 1 amide bonds. The Balaban J connectivity index is 1.33. The van der Waals surface area contributed by atoms with Gasteiger partial charge in [-0.3, -0.25) is 18.9 Å². The number of piperazine rings is 1. The fraction of sp³-hybridized carbons (Fsp3) is 0.350. The van der Waals surface area contributed by atoms with Crippen LogP contribution >= 0.6 is 11.3 Å². The van der Waals surface area contributed by atoms with E-state index in [1.54, 1.807) is 23.8 Å². The lowest BCUT2D eigenvalue weighted by Crippen LogP contribution is -2.48. The molecule has 0 bridgehead atoms. The number of amides is 1. The minimum absolute atomic E-state index is 0.0478. The summed E-state index contributed by atoms with van der Waals surface area (Å²) in [4.78, 5) is 34.1. The number of nitrogens with zero attached hydrogens (tertiary/aromatic N) is 4. The van der Waals surface area contributed by atoms with Gasteiger partial charge in [-0.15, -0.1) is 11.3 Å². The van der Waals surface area contributed by atoms with Gasteiger partial charge in [-0.05, 0) is 17.7 Å². The molecule has 1 fully saturated rings. The summed E-state index contributed by atoms with van der Waals surface area (Å²) >= 11 is 1.46. The van der Waals surface area contributed by atoms with Crippen molar-refractivity contribution in [2.45, 2.75) is 13.0 Å². The second-order valence-electron chi connectivity index (χ2n) is 6.83. The van der Waals surface area contributed by atoms with Gasteiger partial charge in [-0.25, -0.2) is 4.98 Å². The maximum absolute atomic E-state index is 12.6. The van der Waals surface area contributed by atoms with Gasteiger partial charge in [0.2, 0.25) is 5.91 Å². The number of hydrogen-bond acceptors (Lipinski definition) is 6. The average molecular weight is 398 g/mol. The molecule has 3 aromatic rings. The van der Waals surface area contributed by atoms with Gasteiger partial charge < -0.3 is 9.64 Å². The van der Waals surface area contributed by atoms with Crippen LogP contribution in [-0.2, 0) is 17.8 Å². The number of benzene rings is 1. The number of thiazole rings is 1. The molecule has 1 aliphatic heterocycles. The van der Waals surface area contributed by atoms with E-state index in [1.165, 1.54) is 11.3 Å². The largest absolute Gasteiger partial charge is 0.497 e. The Kier molecular flexibility index (Phi) is 5.40. The van der Waals surface area contributed by atoms with Crippen LogP contribution in [0.3, 0.4) is 0 Å². The highest BCUT2D eigenvalue weighted by Gasteiger charge is 2.22. The molecule has 1 saturated heterocycles.